The van der Waals surface area contributed by atoms with Gasteiger partial charge in [0.1, 0.15) is 0 Å². The van der Waals surface area contributed by atoms with Gasteiger partial charge in [-0.2, -0.15) is 0 Å². The molecule has 1 aromatic carbocycles. The van der Waals surface area contributed by atoms with Crippen LogP contribution in [-0.2, 0) is 12.8 Å². The molecule has 0 bridgehead atoms. The van der Waals surface area contributed by atoms with Gasteiger partial charge in [0, 0.05) is 24.8 Å². The first-order chi connectivity index (χ1) is 15.9. The van der Waals surface area contributed by atoms with Crippen molar-refractivity contribution in [2.45, 2.75) is 72.1 Å². The first-order valence-electron chi connectivity index (χ1n) is 13.0. The lowest BCUT2D eigenvalue weighted by atomic mass is 9.88. The highest BCUT2D eigenvalue weighted by atomic mass is 15.1. The topological polar surface area (TPSA) is 28.2 Å². The maximum absolute atomic E-state index is 4.73. The number of aromatic nitrogens is 1. The summed E-state index contributed by atoms with van der Waals surface area (Å²) < 4.78 is 0. The average molecular weight is 448 g/mol. The van der Waals surface area contributed by atoms with E-state index in [1.165, 1.54) is 81.3 Å². The Hall–Kier alpha value is -2.13. The molecule has 1 aliphatic rings. The van der Waals surface area contributed by atoms with E-state index in [1.54, 1.807) is 6.20 Å². The zero-order valence-electron chi connectivity index (χ0n) is 21.3. The van der Waals surface area contributed by atoms with Crippen LogP contribution in [0.1, 0.15) is 70.4 Å². The van der Waals surface area contributed by atoms with Crippen LogP contribution < -0.4 is 5.32 Å². The molecule has 2 aromatic rings. The van der Waals surface area contributed by atoms with E-state index in [-0.39, 0.29) is 0 Å². The molecule has 0 spiro atoms. The van der Waals surface area contributed by atoms with Gasteiger partial charge < -0.3 is 10.2 Å². The third-order valence-electron chi connectivity index (χ3n) is 6.75. The van der Waals surface area contributed by atoms with Crippen LogP contribution in [0.2, 0.25) is 0 Å². The van der Waals surface area contributed by atoms with E-state index in [0.29, 0.717) is 5.41 Å². The number of hydrogen-bond acceptors (Lipinski definition) is 3. The Bertz CT molecular complexity index is 809. The number of benzene rings is 1. The van der Waals surface area contributed by atoms with Crippen molar-refractivity contribution < 1.29 is 0 Å². The largest absolute Gasteiger partial charge is 0.391 e. The maximum atomic E-state index is 4.73. The number of unbranched alkanes of at least 4 members (excludes halogenated alkanes) is 2. The van der Waals surface area contributed by atoms with Crippen LogP contribution in [-0.4, -0.2) is 36.1 Å². The van der Waals surface area contributed by atoms with E-state index in [4.69, 9.17) is 4.98 Å². The number of nitrogens with zero attached hydrogens (tertiary/aromatic N) is 2. The number of likely N-dealkylation sites (tertiary alicyclic amines) is 1. The highest BCUT2D eigenvalue weighted by Crippen LogP contribution is 2.26. The van der Waals surface area contributed by atoms with Gasteiger partial charge >= 0.3 is 0 Å². The highest BCUT2D eigenvalue weighted by Gasteiger charge is 2.22. The van der Waals surface area contributed by atoms with Crippen LogP contribution in [0, 0.1) is 11.3 Å². The number of piperidine rings is 1. The van der Waals surface area contributed by atoms with Crippen LogP contribution in [0.4, 0.5) is 0 Å². The lowest BCUT2D eigenvalue weighted by Gasteiger charge is -2.36. The fraction of sp³-hybridized carbons (Fsp3) is 0.567. The summed E-state index contributed by atoms with van der Waals surface area (Å²) in [5.41, 5.74) is 5.49. The first-order valence-corrected chi connectivity index (χ1v) is 13.0. The van der Waals surface area contributed by atoms with Crippen molar-refractivity contribution >= 4 is 0 Å². The van der Waals surface area contributed by atoms with Crippen LogP contribution in [0.3, 0.4) is 0 Å². The van der Waals surface area contributed by atoms with Crippen molar-refractivity contribution in [3.05, 3.63) is 66.5 Å². The van der Waals surface area contributed by atoms with Gasteiger partial charge in [-0.25, -0.2) is 0 Å². The molecule has 1 N–H and O–H groups in total. The lowest BCUT2D eigenvalue weighted by molar-refractivity contribution is 0.133. The van der Waals surface area contributed by atoms with Crippen molar-refractivity contribution in [3.8, 4) is 11.3 Å². The highest BCUT2D eigenvalue weighted by molar-refractivity contribution is 5.59. The molecule has 180 valence electrons. The molecule has 1 fully saturated rings. The van der Waals surface area contributed by atoms with Crippen LogP contribution in [0.15, 0.2) is 55.4 Å². The summed E-state index contributed by atoms with van der Waals surface area (Å²) in [6.45, 7) is 15.5. The third-order valence-corrected chi connectivity index (χ3v) is 6.75. The van der Waals surface area contributed by atoms with Crippen molar-refractivity contribution in [1.29, 1.82) is 0 Å². The smallest absolute Gasteiger partial charge is 0.0702 e. The van der Waals surface area contributed by atoms with E-state index >= 15 is 0 Å². The van der Waals surface area contributed by atoms with Crippen molar-refractivity contribution in [1.82, 2.24) is 15.2 Å². The van der Waals surface area contributed by atoms with E-state index < -0.39 is 0 Å². The Morgan fingerprint density at radius 1 is 0.970 bits per heavy atom. The molecule has 3 heteroatoms. The van der Waals surface area contributed by atoms with E-state index in [2.05, 4.69) is 80.2 Å². The van der Waals surface area contributed by atoms with E-state index in [9.17, 15) is 0 Å². The van der Waals surface area contributed by atoms with Gasteiger partial charge in [0.25, 0.3) is 0 Å². The predicted molar refractivity (Wildman–Crippen MR) is 142 cm³/mol. The monoisotopic (exact) mass is 447 g/mol. The number of aryl methyl sites for hydroxylation is 2. The molecule has 3 rings (SSSR count). The van der Waals surface area contributed by atoms with E-state index in [1.807, 2.05) is 0 Å². The molecule has 3 nitrogen and oxygen atoms in total. The molecule has 0 radical (unpaired) electrons. The van der Waals surface area contributed by atoms with Crippen LogP contribution >= 0.6 is 0 Å². The summed E-state index contributed by atoms with van der Waals surface area (Å²) in [4.78, 5) is 7.39. The lowest BCUT2D eigenvalue weighted by Crippen LogP contribution is -2.39. The number of pyridine rings is 1. The zero-order valence-corrected chi connectivity index (χ0v) is 21.3. The summed E-state index contributed by atoms with van der Waals surface area (Å²) in [6.07, 6.45) is 13.8. The first kappa shape index (κ1) is 25.5. The van der Waals surface area contributed by atoms with Crippen molar-refractivity contribution in [2.24, 2.45) is 11.3 Å². The van der Waals surface area contributed by atoms with Gasteiger partial charge in [-0.1, -0.05) is 64.1 Å². The minimum atomic E-state index is 0.410. The molecule has 1 saturated heterocycles. The molecular formula is C30H45N3. The van der Waals surface area contributed by atoms with Crippen LogP contribution in [0.5, 0.6) is 0 Å². The van der Waals surface area contributed by atoms with Crippen molar-refractivity contribution in [2.75, 3.05) is 26.2 Å². The maximum Gasteiger partial charge on any atom is 0.0702 e. The molecule has 2 heterocycles. The second kappa shape index (κ2) is 12.9. The SMILES string of the molecule is C=CNCCCCCc1ccc(-c2ccc(CCC3CCN(CC(C)(C)C)CC3)cc2)nc1. The summed E-state index contributed by atoms with van der Waals surface area (Å²) in [6, 6.07) is 13.5. The molecule has 0 saturated carbocycles. The predicted octanol–water partition coefficient (Wildman–Crippen LogP) is 6.89. The standard InChI is InChI=1S/C30H45N3/c1-5-31-20-8-6-7-9-27-14-17-29(32-23-27)28-15-12-25(13-16-28)10-11-26-18-21-33(22-19-26)24-30(2,3)4/h5,12-17,23,26,31H,1,6-11,18-22,24H2,2-4H3. The van der Waals surface area contributed by atoms with Gasteiger partial charge in [0.2, 0.25) is 0 Å². The minimum Gasteiger partial charge on any atom is -0.391 e. The molecular weight excluding hydrogens is 402 g/mol. The second-order valence-corrected chi connectivity index (χ2v) is 11.0. The van der Waals surface area contributed by atoms with Gasteiger partial charge in [0.05, 0.1) is 5.69 Å². The quantitative estimate of drug-likeness (QED) is 0.359. The molecule has 0 aliphatic carbocycles. The molecule has 0 unspecified atom stereocenters. The number of rotatable bonds is 12. The Balaban J connectivity index is 1.39. The Morgan fingerprint density at radius 2 is 1.70 bits per heavy atom. The summed E-state index contributed by atoms with van der Waals surface area (Å²) >= 11 is 0. The second-order valence-electron chi connectivity index (χ2n) is 11.0. The summed E-state index contributed by atoms with van der Waals surface area (Å²) in [5, 5.41) is 3.16. The molecule has 0 atom stereocenters. The Labute approximate surface area is 202 Å². The number of nitrogens with one attached hydrogen (secondary N) is 1. The molecule has 1 aliphatic heterocycles. The van der Waals surface area contributed by atoms with Gasteiger partial charge in [-0.3, -0.25) is 4.98 Å². The van der Waals surface area contributed by atoms with Gasteiger partial charge in [0.15, 0.2) is 0 Å². The van der Waals surface area contributed by atoms with Gasteiger partial charge in [-0.05, 0) is 92.8 Å². The normalized spacial score (nSPS) is 15.5. The fourth-order valence-electron chi connectivity index (χ4n) is 4.90. The molecule has 33 heavy (non-hydrogen) atoms. The molecule has 0 amide bonds. The van der Waals surface area contributed by atoms with E-state index in [0.717, 1.165) is 24.6 Å². The number of hydrogen-bond donors (Lipinski definition) is 1. The Kier molecular flexibility index (Phi) is 9.99. The molecule has 1 aromatic heterocycles. The third kappa shape index (κ3) is 9.33. The van der Waals surface area contributed by atoms with Crippen LogP contribution in [0.25, 0.3) is 11.3 Å². The zero-order chi connectivity index (χ0) is 23.5. The summed E-state index contributed by atoms with van der Waals surface area (Å²) in [7, 11) is 0. The fourth-order valence-corrected chi connectivity index (χ4v) is 4.90. The van der Waals surface area contributed by atoms with Gasteiger partial charge in [-0.15, -0.1) is 0 Å². The average Bonchev–Trinajstić information content (AvgIpc) is 2.81. The van der Waals surface area contributed by atoms with Crippen molar-refractivity contribution in [3.63, 3.8) is 0 Å². The Morgan fingerprint density at radius 3 is 2.33 bits per heavy atom. The summed E-state index contributed by atoms with van der Waals surface area (Å²) in [5.74, 6) is 0.883. The minimum absolute atomic E-state index is 0.410.